The standard InChI is InChI=1S/C13H18N2O4/c1-17-10-3-4-11(12(9-10)18-2)14-13(16)15-5-7-19-8-6-15/h3-4,9H,5-8H2,1-2H3,(H,14,16). The number of rotatable bonds is 3. The summed E-state index contributed by atoms with van der Waals surface area (Å²) in [6, 6.07) is 5.12. The van der Waals surface area contributed by atoms with Gasteiger partial charge in [-0.25, -0.2) is 4.79 Å². The zero-order valence-electron chi connectivity index (χ0n) is 11.1. The van der Waals surface area contributed by atoms with Crippen molar-refractivity contribution in [2.45, 2.75) is 0 Å². The Morgan fingerprint density at radius 1 is 1.26 bits per heavy atom. The molecule has 1 heterocycles. The Bertz CT molecular complexity index is 444. The molecule has 2 rings (SSSR count). The van der Waals surface area contributed by atoms with Gasteiger partial charge in [0.1, 0.15) is 11.5 Å². The second kappa shape index (κ2) is 6.29. The maximum absolute atomic E-state index is 12.1. The van der Waals surface area contributed by atoms with E-state index in [2.05, 4.69) is 5.32 Å². The van der Waals surface area contributed by atoms with Crippen molar-refractivity contribution >= 4 is 11.7 Å². The van der Waals surface area contributed by atoms with Crippen LogP contribution in [0.15, 0.2) is 18.2 Å². The Morgan fingerprint density at radius 2 is 2.00 bits per heavy atom. The van der Waals surface area contributed by atoms with E-state index in [1.54, 1.807) is 37.3 Å². The van der Waals surface area contributed by atoms with Crippen LogP contribution >= 0.6 is 0 Å². The highest BCUT2D eigenvalue weighted by molar-refractivity contribution is 5.91. The Hall–Kier alpha value is -1.95. The summed E-state index contributed by atoms with van der Waals surface area (Å²) in [7, 11) is 3.14. The summed E-state index contributed by atoms with van der Waals surface area (Å²) in [4.78, 5) is 13.8. The van der Waals surface area contributed by atoms with Crippen molar-refractivity contribution in [3.05, 3.63) is 18.2 Å². The van der Waals surface area contributed by atoms with Crippen LogP contribution in [0.1, 0.15) is 0 Å². The quantitative estimate of drug-likeness (QED) is 0.902. The molecule has 1 aliphatic rings. The number of morpholine rings is 1. The van der Waals surface area contributed by atoms with Crippen LogP contribution < -0.4 is 14.8 Å². The first-order valence-electron chi connectivity index (χ1n) is 6.10. The minimum absolute atomic E-state index is 0.147. The minimum Gasteiger partial charge on any atom is -0.497 e. The number of anilines is 1. The molecule has 0 atom stereocenters. The second-order valence-corrected chi connectivity index (χ2v) is 4.10. The van der Waals surface area contributed by atoms with Gasteiger partial charge in [-0.2, -0.15) is 0 Å². The van der Waals surface area contributed by atoms with Gasteiger partial charge in [-0.05, 0) is 12.1 Å². The molecule has 1 aromatic rings. The topological polar surface area (TPSA) is 60.0 Å². The van der Waals surface area contributed by atoms with Crippen LogP contribution in [0.25, 0.3) is 0 Å². The molecular formula is C13H18N2O4. The highest BCUT2D eigenvalue weighted by Gasteiger charge is 2.18. The molecule has 0 radical (unpaired) electrons. The maximum atomic E-state index is 12.1. The van der Waals surface area contributed by atoms with Gasteiger partial charge in [0.25, 0.3) is 0 Å². The van der Waals surface area contributed by atoms with Gasteiger partial charge in [0.15, 0.2) is 0 Å². The van der Waals surface area contributed by atoms with Crippen LogP contribution in [-0.2, 0) is 4.74 Å². The van der Waals surface area contributed by atoms with Gasteiger partial charge in [-0.3, -0.25) is 0 Å². The van der Waals surface area contributed by atoms with Crippen molar-refractivity contribution in [1.82, 2.24) is 4.90 Å². The zero-order chi connectivity index (χ0) is 13.7. The van der Waals surface area contributed by atoms with Crippen molar-refractivity contribution in [2.24, 2.45) is 0 Å². The van der Waals surface area contributed by atoms with Crippen molar-refractivity contribution in [2.75, 3.05) is 45.8 Å². The fraction of sp³-hybridized carbons (Fsp3) is 0.462. The molecule has 0 aliphatic carbocycles. The molecule has 1 fully saturated rings. The predicted octanol–water partition coefficient (Wildman–Crippen LogP) is 1.57. The van der Waals surface area contributed by atoms with Gasteiger partial charge in [-0.1, -0.05) is 0 Å². The summed E-state index contributed by atoms with van der Waals surface area (Å²) in [5.74, 6) is 1.25. The number of methoxy groups -OCH3 is 2. The van der Waals surface area contributed by atoms with E-state index in [-0.39, 0.29) is 6.03 Å². The first-order chi connectivity index (χ1) is 9.24. The van der Waals surface area contributed by atoms with Crippen molar-refractivity contribution < 1.29 is 19.0 Å². The van der Waals surface area contributed by atoms with E-state index >= 15 is 0 Å². The average molecular weight is 266 g/mol. The molecule has 0 aromatic heterocycles. The van der Waals surface area contributed by atoms with Gasteiger partial charge in [0.05, 0.1) is 33.1 Å². The van der Waals surface area contributed by atoms with Crippen molar-refractivity contribution in [3.63, 3.8) is 0 Å². The molecule has 1 aliphatic heterocycles. The van der Waals surface area contributed by atoms with Gasteiger partial charge < -0.3 is 24.4 Å². The zero-order valence-corrected chi connectivity index (χ0v) is 11.1. The molecule has 0 saturated carbocycles. The summed E-state index contributed by atoms with van der Waals surface area (Å²) < 4.78 is 15.6. The Kier molecular flexibility index (Phi) is 4.46. The molecule has 1 saturated heterocycles. The summed E-state index contributed by atoms with van der Waals surface area (Å²) in [6.45, 7) is 2.36. The summed E-state index contributed by atoms with van der Waals surface area (Å²) in [5, 5.41) is 2.83. The fourth-order valence-electron chi connectivity index (χ4n) is 1.86. The number of amides is 2. The third-order valence-corrected chi connectivity index (χ3v) is 2.95. The molecule has 6 heteroatoms. The van der Waals surface area contributed by atoms with E-state index in [0.717, 1.165) is 0 Å². The third-order valence-electron chi connectivity index (χ3n) is 2.95. The van der Waals surface area contributed by atoms with Crippen LogP contribution in [0, 0.1) is 0 Å². The van der Waals surface area contributed by atoms with Crippen LogP contribution in [0.2, 0.25) is 0 Å². The lowest BCUT2D eigenvalue weighted by atomic mass is 10.2. The number of urea groups is 1. The molecule has 0 bridgehead atoms. The number of ether oxygens (including phenoxy) is 3. The van der Waals surface area contributed by atoms with E-state index in [9.17, 15) is 4.79 Å². The number of benzene rings is 1. The van der Waals surface area contributed by atoms with E-state index in [1.165, 1.54) is 0 Å². The maximum Gasteiger partial charge on any atom is 0.322 e. The van der Waals surface area contributed by atoms with Crippen molar-refractivity contribution in [1.29, 1.82) is 0 Å². The van der Waals surface area contributed by atoms with E-state index in [1.807, 2.05) is 0 Å². The minimum atomic E-state index is -0.147. The number of carbonyl (C=O) groups is 1. The first-order valence-corrected chi connectivity index (χ1v) is 6.10. The van der Waals surface area contributed by atoms with Gasteiger partial charge in [0.2, 0.25) is 0 Å². The Morgan fingerprint density at radius 3 is 2.63 bits per heavy atom. The molecule has 1 N–H and O–H groups in total. The number of nitrogens with one attached hydrogen (secondary N) is 1. The molecule has 1 aromatic carbocycles. The second-order valence-electron chi connectivity index (χ2n) is 4.10. The first kappa shape index (κ1) is 13.5. The molecule has 19 heavy (non-hydrogen) atoms. The largest absolute Gasteiger partial charge is 0.497 e. The van der Waals surface area contributed by atoms with E-state index < -0.39 is 0 Å². The summed E-state index contributed by atoms with van der Waals surface area (Å²) in [5.41, 5.74) is 0.625. The summed E-state index contributed by atoms with van der Waals surface area (Å²) >= 11 is 0. The van der Waals surface area contributed by atoms with Crippen LogP contribution in [0.5, 0.6) is 11.5 Å². The van der Waals surface area contributed by atoms with E-state index in [0.29, 0.717) is 43.5 Å². The fourth-order valence-corrected chi connectivity index (χ4v) is 1.86. The Balaban J connectivity index is 2.07. The molecular weight excluding hydrogens is 248 g/mol. The smallest absolute Gasteiger partial charge is 0.322 e. The van der Waals surface area contributed by atoms with Crippen LogP contribution in [0.3, 0.4) is 0 Å². The molecule has 104 valence electrons. The highest BCUT2D eigenvalue weighted by Crippen LogP contribution is 2.29. The predicted molar refractivity (Wildman–Crippen MR) is 71.0 cm³/mol. The van der Waals surface area contributed by atoms with Gasteiger partial charge >= 0.3 is 6.03 Å². The van der Waals surface area contributed by atoms with Crippen LogP contribution in [-0.4, -0.2) is 51.5 Å². The Labute approximate surface area is 112 Å². The number of nitrogens with zero attached hydrogens (tertiary/aromatic N) is 1. The molecule has 0 unspecified atom stereocenters. The molecule has 6 nitrogen and oxygen atoms in total. The number of carbonyl (C=O) groups excluding carboxylic acids is 1. The normalized spacial score (nSPS) is 14.9. The van der Waals surface area contributed by atoms with Crippen LogP contribution in [0.4, 0.5) is 10.5 Å². The molecule has 0 spiro atoms. The van der Waals surface area contributed by atoms with Crippen molar-refractivity contribution in [3.8, 4) is 11.5 Å². The molecule has 2 amide bonds. The van der Waals surface area contributed by atoms with Gasteiger partial charge in [-0.15, -0.1) is 0 Å². The monoisotopic (exact) mass is 266 g/mol. The lowest BCUT2D eigenvalue weighted by Crippen LogP contribution is -2.43. The lowest BCUT2D eigenvalue weighted by molar-refractivity contribution is 0.0564. The summed E-state index contributed by atoms with van der Waals surface area (Å²) in [6.07, 6.45) is 0. The number of hydrogen-bond donors (Lipinski definition) is 1. The van der Waals surface area contributed by atoms with Gasteiger partial charge in [0, 0.05) is 19.2 Å². The average Bonchev–Trinajstić information content (AvgIpc) is 2.48. The lowest BCUT2D eigenvalue weighted by Gasteiger charge is -2.27. The van der Waals surface area contributed by atoms with E-state index in [4.69, 9.17) is 14.2 Å². The highest BCUT2D eigenvalue weighted by atomic mass is 16.5. The SMILES string of the molecule is COc1ccc(NC(=O)N2CCOCC2)c(OC)c1. The third kappa shape index (κ3) is 3.29. The number of hydrogen-bond acceptors (Lipinski definition) is 4.